The zero-order chi connectivity index (χ0) is 19.4. The second-order valence-electron chi connectivity index (χ2n) is 6.47. The van der Waals surface area contributed by atoms with Gasteiger partial charge in [-0.1, -0.05) is 12.1 Å². The maximum atomic E-state index is 13.7. The van der Waals surface area contributed by atoms with Crippen molar-refractivity contribution in [2.45, 2.75) is 33.4 Å². The van der Waals surface area contributed by atoms with E-state index in [1.807, 2.05) is 37.9 Å². The van der Waals surface area contributed by atoms with Crippen LogP contribution in [0.25, 0.3) is 0 Å². The molecular formula is C20H24F2N2O2. The summed E-state index contributed by atoms with van der Waals surface area (Å²) >= 11 is 0. The summed E-state index contributed by atoms with van der Waals surface area (Å²) in [6.45, 7) is 6.23. The van der Waals surface area contributed by atoms with Gasteiger partial charge in [0.25, 0.3) is 0 Å². The molecule has 0 aliphatic heterocycles. The molecule has 0 heterocycles. The molecule has 2 aromatic rings. The van der Waals surface area contributed by atoms with Crippen LogP contribution in [0.1, 0.15) is 23.6 Å². The second kappa shape index (κ2) is 8.27. The van der Waals surface area contributed by atoms with Gasteiger partial charge in [0.2, 0.25) is 5.91 Å². The van der Waals surface area contributed by atoms with E-state index < -0.39 is 17.7 Å². The van der Waals surface area contributed by atoms with Crippen LogP contribution in [0.2, 0.25) is 0 Å². The molecule has 0 spiro atoms. The van der Waals surface area contributed by atoms with Crippen molar-refractivity contribution in [3.63, 3.8) is 0 Å². The number of aryl methyl sites for hydroxylation is 2. The Morgan fingerprint density at radius 2 is 1.81 bits per heavy atom. The maximum Gasteiger partial charge on any atom is 0.241 e. The zero-order valence-corrected chi connectivity index (χ0v) is 15.7. The van der Waals surface area contributed by atoms with E-state index in [-0.39, 0.29) is 11.6 Å². The summed E-state index contributed by atoms with van der Waals surface area (Å²) in [7, 11) is 3.46. The van der Waals surface area contributed by atoms with E-state index in [9.17, 15) is 13.6 Å². The van der Waals surface area contributed by atoms with Crippen LogP contribution in [0.4, 0.5) is 14.5 Å². The minimum absolute atomic E-state index is 0.0345. The molecule has 0 saturated heterocycles. The molecule has 0 aromatic heterocycles. The highest BCUT2D eigenvalue weighted by Gasteiger charge is 2.20. The molecule has 0 radical (unpaired) electrons. The van der Waals surface area contributed by atoms with Crippen LogP contribution >= 0.6 is 0 Å². The number of ether oxygens (including phenoxy) is 1. The van der Waals surface area contributed by atoms with Gasteiger partial charge in [-0.2, -0.15) is 0 Å². The Hall–Kier alpha value is -2.47. The van der Waals surface area contributed by atoms with Crippen molar-refractivity contribution in [1.82, 2.24) is 4.90 Å². The lowest BCUT2D eigenvalue weighted by Crippen LogP contribution is -2.39. The normalized spacial score (nSPS) is 12.2. The van der Waals surface area contributed by atoms with Gasteiger partial charge in [0.15, 0.2) is 0 Å². The van der Waals surface area contributed by atoms with Gasteiger partial charge in [0.05, 0.1) is 18.8 Å². The Morgan fingerprint density at radius 1 is 1.19 bits per heavy atom. The molecule has 4 nitrogen and oxygen atoms in total. The summed E-state index contributed by atoms with van der Waals surface area (Å²) in [5.41, 5.74) is 3.08. The van der Waals surface area contributed by atoms with Gasteiger partial charge in [-0.25, -0.2) is 8.78 Å². The van der Waals surface area contributed by atoms with Gasteiger partial charge >= 0.3 is 0 Å². The van der Waals surface area contributed by atoms with E-state index in [0.29, 0.717) is 6.54 Å². The van der Waals surface area contributed by atoms with Gasteiger partial charge in [0.1, 0.15) is 17.4 Å². The van der Waals surface area contributed by atoms with Gasteiger partial charge in [-0.3, -0.25) is 9.69 Å². The lowest BCUT2D eigenvalue weighted by molar-refractivity contribution is -0.120. The minimum Gasteiger partial charge on any atom is -0.496 e. The molecule has 0 fully saturated rings. The molecule has 0 saturated carbocycles. The van der Waals surface area contributed by atoms with Crippen molar-refractivity contribution in [3.05, 3.63) is 58.7 Å². The standard InChI is InChI=1S/C20H24F2N2O2/c1-12-8-15(9-13(2)19(12)26-5)11-24(4)14(3)20(25)23-18-7-6-16(21)10-17(18)22/h6-10,14H,11H2,1-5H3,(H,23,25). The Labute approximate surface area is 152 Å². The van der Waals surface area contributed by atoms with Crippen molar-refractivity contribution in [1.29, 1.82) is 0 Å². The predicted octanol–water partition coefficient (Wildman–Crippen LogP) is 4.05. The first-order chi connectivity index (χ1) is 12.2. The lowest BCUT2D eigenvalue weighted by Gasteiger charge is -2.24. The Morgan fingerprint density at radius 3 is 2.35 bits per heavy atom. The van der Waals surface area contributed by atoms with E-state index in [4.69, 9.17) is 4.74 Å². The van der Waals surface area contributed by atoms with Gasteiger partial charge in [-0.05, 0) is 56.6 Å². The molecule has 26 heavy (non-hydrogen) atoms. The van der Waals surface area contributed by atoms with E-state index >= 15 is 0 Å². The lowest BCUT2D eigenvalue weighted by atomic mass is 10.0. The van der Waals surface area contributed by atoms with Crippen LogP contribution < -0.4 is 10.1 Å². The Bertz CT molecular complexity index is 785. The van der Waals surface area contributed by atoms with Crippen LogP contribution in [0.3, 0.4) is 0 Å². The number of likely N-dealkylation sites (N-methyl/N-ethyl adjacent to an activating group) is 1. The first-order valence-corrected chi connectivity index (χ1v) is 8.33. The Balaban J connectivity index is 2.06. The summed E-state index contributed by atoms with van der Waals surface area (Å²) in [4.78, 5) is 14.2. The molecule has 1 atom stereocenters. The summed E-state index contributed by atoms with van der Waals surface area (Å²) < 4.78 is 32.0. The fourth-order valence-corrected chi connectivity index (χ4v) is 2.91. The van der Waals surface area contributed by atoms with Crippen LogP contribution in [0.5, 0.6) is 5.75 Å². The number of carbonyl (C=O) groups excluding carboxylic acids is 1. The minimum atomic E-state index is -0.797. The molecule has 0 aliphatic carbocycles. The first-order valence-electron chi connectivity index (χ1n) is 8.33. The highest BCUT2D eigenvalue weighted by molar-refractivity contribution is 5.94. The predicted molar refractivity (Wildman–Crippen MR) is 98.4 cm³/mol. The highest BCUT2D eigenvalue weighted by atomic mass is 19.1. The number of rotatable bonds is 6. The fourth-order valence-electron chi connectivity index (χ4n) is 2.91. The molecule has 0 aliphatic rings. The smallest absolute Gasteiger partial charge is 0.241 e. The number of nitrogens with one attached hydrogen (secondary N) is 1. The van der Waals surface area contributed by atoms with E-state index in [1.54, 1.807) is 14.0 Å². The second-order valence-corrected chi connectivity index (χ2v) is 6.47. The monoisotopic (exact) mass is 362 g/mol. The topological polar surface area (TPSA) is 41.6 Å². The molecule has 1 unspecified atom stereocenters. The Kier molecular flexibility index (Phi) is 6.32. The van der Waals surface area contributed by atoms with Gasteiger partial charge in [-0.15, -0.1) is 0 Å². The number of nitrogens with zero attached hydrogens (tertiary/aromatic N) is 1. The SMILES string of the molecule is COc1c(C)cc(CN(C)C(C)C(=O)Nc2ccc(F)cc2F)cc1C. The average Bonchev–Trinajstić information content (AvgIpc) is 2.56. The van der Waals surface area contributed by atoms with Crippen LogP contribution in [0, 0.1) is 25.5 Å². The third kappa shape index (κ3) is 4.58. The van der Waals surface area contributed by atoms with Crippen molar-refractivity contribution in [2.75, 3.05) is 19.5 Å². The number of hydrogen-bond acceptors (Lipinski definition) is 3. The summed E-state index contributed by atoms with van der Waals surface area (Å²) in [6.07, 6.45) is 0. The number of methoxy groups -OCH3 is 1. The molecule has 2 rings (SSSR count). The van der Waals surface area contributed by atoms with Crippen molar-refractivity contribution in [3.8, 4) is 5.75 Å². The number of anilines is 1. The highest BCUT2D eigenvalue weighted by Crippen LogP contribution is 2.25. The number of benzene rings is 2. The largest absolute Gasteiger partial charge is 0.496 e. The van der Waals surface area contributed by atoms with Gasteiger partial charge < -0.3 is 10.1 Å². The number of amides is 1. The zero-order valence-electron chi connectivity index (χ0n) is 15.7. The molecule has 6 heteroatoms. The quantitative estimate of drug-likeness (QED) is 0.843. The van der Waals surface area contributed by atoms with Crippen molar-refractivity contribution >= 4 is 11.6 Å². The number of hydrogen-bond donors (Lipinski definition) is 1. The van der Waals surface area contributed by atoms with Crippen LogP contribution in [-0.4, -0.2) is 31.0 Å². The molecule has 1 amide bonds. The van der Waals surface area contributed by atoms with Crippen molar-refractivity contribution in [2.24, 2.45) is 0 Å². The van der Waals surface area contributed by atoms with Crippen LogP contribution in [0.15, 0.2) is 30.3 Å². The van der Waals surface area contributed by atoms with Gasteiger partial charge in [0, 0.05) is 12.6 Å². The van der Waals surface area contributed by atoms with E-state index in [2.05, 4.69) is 5.32 Å². The number of halogens is 2. The molecular weight excluding hydrogens is 338 g/mol. The fraction of sp³-hybridized carbons (Fsp3) is 0.350. The van der Waals surface area contributed by atoms with E-state index in [0.717, 1.165) is 34.6 Å². The molecule has 140 valence electrons. The summed E-state index contributed by atoms with van der Waals surface area (Å²) in [6, 6.07) is 6.61. The van der Waals surface area contributed by atoms with E-state index in [1.165, 1.54) is 6.07 Å². The average molecular weight is 362 g/mol. The van der Waals surface area contributed by atoms with Crippen molar-refractivity contribution < 1.29 is 18.3 Å². The molecule has 2 aromatic carbocycles. The third-order valence-electron chi connectivity index (χ3n) is 4.39. The third-order valence-corrected chi connectivity index (χ3v) is 4.39. The maximum absolute atomic E-state index is 13.7. The molecule has 1 N–H and O–H groups in total. The molecule has 0 bridgehead atoms. The summed E-state index contributed by atoms with van der Waals surface area (Å²) in [5, 5.41) is 2.50. The number of carbonyl (C=O) groups is 1. The first kappa shape index (κ1) is 19.8. The summed E-state index contributed by atoms with van der Waals surface area (Å²) in [5.74, 6) is -0.987. The van der Waals surface area contributed by atoms with Crippen LogP contribution in [-0.2, 0) is 11.3 Å².